The second kappa shape index (κ2) is 6.42. The Bertz CT molecular complexity index is 575. The maximum absolute atomic E-state index is 9.97. The SMILES string of the molecule is Cc1cc(C)c(CC(CO)(CO)c2ccccc2)c(C)c1. The van der Waals surface area contributed by atoms with E-state index in [4.69, 9.17) is 0 Å². The highest BCUT2D eigenvalue weighted by atomic mass is 16.3. The third-order valence-electron chi connectivity index (χ3n) is 4.35. The quantitative estimate of drug-likeness (QED) is 0.886. The van der Waals surface area contributed by atoms with Crippen molar-refractivity contribution in [2.24, 2.45) is 0 Å². The van der Waals surface area contributed by atoms with Crippen molar-refractivity contribution in [1.29, 1.82) is 0 Å². The van der Waals surface area contributed by atoms with Gasteiger partial charge in [0, 0.05) is 5.41 Å². The van der Waals surface area contributed by atoms with Crippen LogP contribution in [0, 0.1) is 20.8 Å². The largest absolute Gasteiger partial charge is 0.395 e. The maximum atomic E-state index is 9.97. The van der Waals surface area contributed by atoms with E-state index in [-0.39, 0.29) is 13.2 Å². The van der Waals surface area contributed by atoms with Gasteiger partial charge >= 0.3 is 0 Å². The molecular weight excluding hydrogens is 260 g/mol. The van der Waals surface area contributed by atoms with Crippen LogP contribution in [0.25, 0.3) is 0 Å². The normalized spacial score (nSPS) is 11.7. The van der Waals surface area contributed by atoms with E-state index in [2.05, 4.69) is 32.9 Å². The molecule has 0 fully saturated rings. The van der Waals surface area contributed by atoms with E-state index in [0.29, 0.717) is 6.42 Å². The number of hydrogen-bond acceptors (Lipinski definition) is 2. The third-order valence-corrected chi connectivity index (χ3v) is 4.35. The number of hydrogen-bond donors (Lipinski definition) is 2. The standard InChI is InChI=1S/C19H24O2/c1-14-9-15(2)18(16(3)10-14)11-19(12-20,13-21)17-7-5-4-6-8-17/h4-10,20-21H,11-13H2,1-3H3. The lowest BCUT2D eigenvalue weighted by atomic mass is 9.75. The van der Waals surface area contributed by atoms with Crippen LogP contribution in [-0.2, 0) is 11.8 Å². The minimum Gasteiger partial charge on any atom is -0.395 e. The molecule has 0 radical (unpaired) electrons. The first kappa shape index (κ1) is 15.7. The molecule has 2 rings (SSSR count). The molecular formula is C19H24O2. The Hall–Kier alpha value is -1.64. The van der Waals surface area contributed by atoms with Crippen molar-refractivity contribution in [3.05, 3.63) is 70.3 Å². The predicted octanol–water partition coefficient (Wildman–Crippen LogP) is 3.08. The molecule has 0 saturated carbocycles. The van der Waals surface area contributed by atoms with E-state index in [1.165, 1.54) is 22.3 Å². The predicted molar refractivity (Wildman–Crippen MR) is 86.6 cm³/mol. The molecule has 0 unspecified atom stereocenters. The highest BCUT2D eigenvalue weighted by Gasteiger charge is 2.32. The molecule has 0 saturated heterocycles. The average molecular weight is 284 g/mol. The summed E-state index contributed by atoms with van der Waals surface area (Å²) in [4.78, 5) is 0. The Balaban J connectivity index is 2.47. The summed E-state index contributed by atoms with van der Waals surface area (Å²) >= 11 is 0. The third kappa shape index (κ3) is 3.17. The molecule has 2 aromatic rings. The van der Waals surface area contributed by atoms with Crippen LogP contribution in [0.1, 0.15) is 27.8 Å². The average Bonchev–Trinajstić information content (AvgIpc) is 2.48. The van der Waals surface area contributed by atoms with Gasteiger partial charge in [0.25, 0.3) is 0 Å². The van der Waals surface area contributed by atoms with Gasteiger partial charge in [0.2, 0.25) is 0 Å². The molecule has 2 aromatic carbocycles. The Labute approximate surface area is 127 Å². The summed E-state index contributed by atoms with van der Waals surface area (Å²) in [6, 6.07) is 14.1. The molecule has 0 aliphatic rings. The van der Waals surface area contributed by atoms with Gasteiger partial charge in [0.05, 0.1) is 13.2 Å². The van der Waals surface area contributed by atoms with Crippen molar-refractivity contribution in [2.75, 3.05) is 13.2 Å². The van der Waals surface area contributed by atoms with Crippen molar-refractivity contribution in [2.45, 2.75) is 32.6 Å². The number of aliphatic hydroxyl groups is 2. The van der Waals surface area contributed by atoms with Crippen molar-refractivity contribution < 1.29 is 10.2 Å². The molecule has 2 heteroatoms. The second-order valence-electron chi connectivity index (χ2n) is 6.02. The fraction of sp³-hybridized carbons (Fsp3) is 0.368. The Morgan fingerprint density at radius 2 is 1.38 bits per heavy atom. The maximum Gasteiger partial charge on any atom is 0.0553 e. The zero-order chi connectivity index (χ0) is 15.5. The first-order valence-corrected chi connectivity index (χ1v) is 7.36. The van der Waals surface area contributed by atoms with Crippen LogP contribution in [0.4, 0.5) is 0 Å². The number of rotatable bonds is 5. The van der Waals surface area contributed by atoms with Crippen LogP contribution < -0.4 is 0 Å². The number of aliphatic hydroxyl groups excluding tert-OH is 2. The van der Waals surface area contributed by atoms with Gasteiger partial charge in [0.15, 0.2) is 0 Å². The summed E-state index contributed by atoms with van der Waals surface area (Å²) < 4.78 is 0. The number of benzene rings is 2. The van der Waals surface area contributed by atoms with Crippen molar-refractivity contribution in [3.8, 4) is 0 Å². The van der Waals surface area contributed by atoms with Gasteiger partial charge in [-0.1, -0.05) is 48.0 Å². The molecule has 0 spiro atoms. The van der Waals surface area contributed by atoms with Gasteiger partial charge in [-0.2, -0.15) is 0 Å². The Kier molecular flexibility index (Phi) is 4.81. The van der Waals surface area contributed by atoms with Gasteiger partial charge in [-0.15, -0.1) is 0 Å². The minimum absolute atomic E-state index is 0.0692. The lowest BCUT2D eigenvalue weighted by Crippen LogP contribution is -2.37. The summed E-state index contributed by atoms with van der Waals surface area (Å²) in [7, 11) is 0. The first-order chi connectivity index (χ1) is 10.0. The zero-order valence-electron chi connectivity index (χ0n) is 13.1. The van der Waals surface area contributed by atoms with Crippen LogP contribution in [0.15, 0.2) is 42.5 Å². The van der Waals surface area contributed by atoms with E-state index >= 15 is 0 Å². The highest BCUT2D eigenvalue weighted by molar-refractivity contribution is 5.40. The van der Waals surface area contributed by atoms with Crippen LogP contribution in [0.2, 0.25) is 0 Å². The fourth-order valence-corrected chi connectivity index (χ4v) is 3.07. The summed E-state index contributed by atoms with van der Waals surface area (Å²) in [5.41, 5.74) is 5.24. The topological polar surface area (TPSA) is 40.5 Å². The monoisotopic (exact) mass is 284 g/mol. The lowest BCUT2D eigenvalue weighted by Gasteiger charge is -2.32. The lowest BCUT2D eigenvalue weighted by molar-refractivity contribution is 0.116. The molecule has 0 aliphatic carbocycles. The van der Waals surface area contributed by atoms with E-state index in [0.717, 1.165) is 5.56 Å². The van der Waals surface area contributed by atoms with Gasteiger partial charge in [-0.25, -0.2) is 0 Å². The Morgan fingerprint density at radius 3 is 1.86 bits per heavy atom. The van der Waals surface area contributed by atoms with Crippen LogP contribution in [0.3, 0.4) is 0 Å². The van der Waals surface area contributed by atoms with Crippen molar-refractivity contribution in [1.82, 2.24) is 0 Å². The smallest absolute Gasteiger partial charge is 0.0553 e. The summed E-state index contributed by atoms with van der Waals surface area (Å²) in [5, 5.41) is 19.9. The Morgan fingerprint density at radius 1 is 0.857 bits per heavy atom. The van der Waals surface area contributed by atoms with E-state index in [1.807, 2.05) is 30.3 Å². The summed E-state index contributed by atoms with van der Waals surface area (Å²) in [6.07, 6.45) is 0.641. The van der Waals surface area contributed by atoms with Gasteiger partial charge in [-0.05, 0) is 49.4 Å². The molecule has 21 heavy (non-hydrogen) atoms. The second-order valence-corrected chi connectivity index (χ2v) is 6.02. The minimum atomic E-state index is -0.633. The van der Waals surface area contributed by atoms with E-state index < -0.39 is 5.41 Å². The van der Waals surface area contributed by atoms with Gasteiger partial charge < -0.3 is 10.2 Å². The molecule has 0 heterocycles. The summed E-state index contributed by atoms with van der Waals surface area (Å²) in [6.45, 7) is 6.15. The molecule has 112 valence electrons. The van der Waals surface area contributed by atoms with Crippen molar-refractivity contribution in [3.63, 3.8) is 0 Å². The van der Waals surface area contributed by atoms with E-state index in [1.54, 1.807) is 0 Å². The molecule has 0 bridgehead atoms. The van der Waals surface area contributed by atoms with E-state index in [9.17, 15) is 10.2 Å². The highest BCUT2D eigenvalue weighted by Crippen LogP contribution is 2.31. The van der Waals surface area contributed by atoms with Crippen LogP contribution in [0.5, 0.6) is 0 Å². The van der Waals surface area contributed by atoms with Crippen molar-refractivity contribution >= 4 is 0 Å². The molecule has 0 amide bonds. The van der Waals surface area contributed by atoms with Crippen LogP contribution in [-0.4, -0.2) is 23.4 Å². The molecule has 0 aromatic heterocycles. The van der Waals surface area contributed by atoms with Crippen LogP contribution >= 0.6 is 0 Å². The fourth-order valence-electron chi connectivity index (χ4n) is 3.07. The molecule has 0 aliphatic heterocycles. The van der Waals surface area contributed by atoms with Gasteiger partial charge in [-0.3, -0.25) is 0 Å². The molecule has 0 atom stereocenters. The number of aryl methyl sites for hydroxylation is 3. The summed E-state index contributed by atoms with van der Waals surface area (Å²) in [5.74, 6) is 0. The van der Waals surface area contributed by atoms with Gasteiger partial charge in [0.1, 0.15) is 0 Å². The zero-order valence-corrected chi connectivity index (χ0v) is 13.1. The molecule has 2 nitrogen and oxygen atoms in total. The first-order valence-electron chi connectivity index (χ1n) is 7.36. The molecule has 2 N–H and O–H groups in total.